The van der Waals surface area contributed by atoms with E-state index in [-0.39, 0.29) is 12.3 Å². The molecular formula is C22H26N2O3S2. The number of hydrogen-bond acceptors (Lipinski definition) is 5. The van der Waals surface area contributed by atoms with Crippen LogP contribution in [-0.4, -0.2) is 27.0 Å². The average molecular weight is 431 g/mol. The van der Waals surface area contributed by atoms with Crippen LogP contribution >= 0.6 is 23.6 Å². The summed E-state index contributed by atoms with van der Waals surface area (Å²) in [5, 5.41) is 19.3. The topological polar surface area (TPSA) is 74.8 Å². The number of aromatic hydroxyl groups is 1. The molecule has 0 aliphatic carbocycles. The fraction of sp³-hybridized carbons (Fsp3) is 0.409. The standard InChI is InChI=1S/C22H26N2O3S2/c25-20(26)12-6-4-2-1-3-5-9-13-24-21(27)19(29-22(24)28)14-16-15-23-18-11-8-7-10-17(16)18/h7-8,10-11,14-15,27H,1-6,9,12-13H2,(H,25,26)/b16-14+. The van der Waals surface area contributed by atoms with E-state index in [0.717, 1.165) is 66.6 Å². The maximum atomic E-state index is 10.6. The van der Waals surface area contributed by atoms with Crippen LogP contribution in [0.2, 0.25) is 0 Å². The predicted octanol–water partition coefficient (Wildman–Crippen LogP) is 6.45. The van der Waals surface area contributed by atoms with E-state index in [2.05, 4.69) is 4.99 Å². The largest absolute Gasteiger partial charge is 0.493 e. The van der Waals surface area contributed by atoms with Gasteiger partial charge in [-0.15, -0.1) is 11.3 Å². The van der Waals surface area contributed by atoms with Crippen LogP contribution in [0, 0.1) is 3.95 Å². The van der Waals surface area contributed by atoms with Crippen molar-refractivity contribution in [2.75, 3.05) is 0 Å². The normalized spacial score (nSPS) is 13.9. The van der Waals surface area contributed by atoms with Crippen molar-refractivity contribution in [3.05, 3.63) is 38.7 Å². The van der Waals surface area contributed by atoms with E-state index in [1.54, 1.807) is 0 Å². The van der Waals surface area contributed by atoms with Gasteiger partial charge in [0.15, 0.2) is 3.95 Å². The number of rotatable bonds is 11. The molecule has 0 bridgehead atoms. The number of aromatic nitrogens is 1. The third kappa shape index (κ3) is 5.87. The number of aliphatic carboxylic acids is 1. The van der Waals surface area contributed by atoms with Crippen molar-refractivity contribution in [1.29, 1.82) is 0 Å². The van der Waals surface area contributed by atoms with Gasteiger partial charge in [0, 0.05) is 30.3 Å². The monoisotopic (exact) mass is 430 g/mol. The summed E-state index contributed by atoms with van der Waals surface area (Å²) < 4.78 is 2.50. The van der Waals surface area contributed by atoms with Crippen LogP contribution in [0.1, 0.15) is 61.8 Å². The van der Waals surface area contributed by atoms with Gasteiger partial charge in [-0.3, -0.25) is 14.4 Å². The Balaban J connectivity index is 1.48. The van der Waals surface area contributed by atoms with Gasteiger partial charge in [-0.1, -0.05) is 50.3 Å². The second-order valence-electron chi connectivity index (χ2n) is 7.20. The van der Waals surface area contributed by atoms with E-state index in [0.29, 0.717) is 10.5 Å². The van der Waals surface area contributed by atoms with Crippen molar-refractivity contribution in [3.8, 4) is 5.88 Å². The quantitative estimate of drug-likeness (QED) is 0.317. The summed E-state index contributed by atoms with van der Waals surface area (Å²) in [5.41, 5.74) is 3.01. The number of aliphatic imine (C=N–C) groups is 1. The number of carboxylic acid groups (broad SMARTS) is 1. The van der Waals surface area contributed by atoms with Gasteiger partial charge in [-0.25, -0.2) is 0 Å². The van der Waals surface area contributed by atoms with Crippen LogP contribution in [0.5, 0.6) is 5.88 Å². The summed E-state index contributed by atoms with van der Waals surface area (Å²) >= 11 is 6.88. The van der Waals surface area contributed by atoms with Gasteiger partial charge < -0.3 is 10.2 Å². The lowest BCUT2D eigenvalue weighted by molar-refractivity contribution is -0.137. The summed E-state index contributed by atoms with van der Waals surface area (Å²) in [7, 11) is 0. The minimum absolute atomic E-state index is 0.235. The smallest absolute Gasteiger partial charge is 0.303 e. The number of hydrogen-bond donors (Lipinski definition) is 2. The Morgan fingerprint density at radius 3 is 2.55 bits per heavy atom. The first-order valence-electron chi connectivity index (χ1n) is 10.1. The lowest BCUT2D eigenvalue weighted by Gasteiger charge is -2.05. The molecule has 0 unspecified atom stereocenters. The number of benzene rings is 1. The van der Waals surface area contributed by atoms with Crippen LogP contribution in [0.25, 0.3) is 11.6 Å². The Bertz CT molecular complexity index is 973. The van der Waals surface area contributed by atoms with E-state index in [1.807, 2.05) is 41.1 Å². The molecule has 5 nitrogen and oxygen atoms in total. The van der Waals surface area contributed by atoms with Crippen molar-refractivity contribution in [2.45, 2.75) is 57.9 Å². The Labute approximate surface area is 180 Å². The molecule has 0 radical (unpaired) electrons. The first-order valence-corrected chi connectivity index (χ1v) is 11.3. The summed E-state index contributed by atoms with van der Waals surface area (Å²) in [6.45, 7) is 0.716. The molecule has 2 N–H and O–H groups in total. The molecule has 3 rings (SSSR count). The molecule has 0 amide bonds. The third-order valence-electron chi connectivity index (χ3n) is 5.01. The Hall–Kier alpha value is -2.25. The number of nitrogens with zero attached hydrogens (tertiary/aromatic N) is 2. The number of allylic oxidation sites excluding steroid dienone is 1. The average Bonchev–Trinajstić information content (AvgIpc) is 3.22. The highest BCUT2D eigenvalue weighted by Crippen LogP contribution is 2.35. The lowest BCUT2D eigenvalue weighted by atomic mass is 10.1. The van der Waals surface area contributed by atoms with Gasteiger partial charge in [0.25, 0.3) is 0 Å². The van der Waals surface area contributed by atoms with E-state index < -0.39 is 5.97 Å². The first kappa shape index (κ1) is 21.5. The third-order valence-corrected chi connectivity index (χ3v) is 6.40. The molecule has 7 heteroatoms. The number of thiazole rings is 1. The van der Waals surface area contributed by atoms with Gasteiger partial charge in [-0.2, -0.15) is 0 Å². The number of unbranched alkanes of at least 4 members (excludes halogenated alkanes) is 6. The number of carbonyl (C=O) groups is 1. The van der Waals surface area contributed by atoms with Crippen molar-refractivity contribution in [3.63, 3.8) is 0 Å². The number of fused-ring (bicyclic) bond motifs is 1. The molecule has 1 aromatic carbocycles. The van der Waals surface area contributed by atoms with Crippen LogP contribution in [0.4, 0.5) is 5.69 Å². The van der Waals surface area contributed by atoms with Gasteiger partial charge in [-0.05, 0) is 37.2 Å². The second-order valence-corrected chi connectivity index (χ2v) is 8.88. The van der Waals surface area contributed by atoms with Crippen LogP contribution in [0.15, 0.2) is 29.3 Å². The minimum atomic E-state index is -0.711. The fourth-order valence-corrected chi connectivity index (χ4v) is 4.74. The number of carboxylic acids is 1. The molecule has 29 heavy (non-hydrogen) atoms. The molecule has 1 aliphatic rings. The molecule has 0 atom stereocenters. The highest BCUT2D eigenvalue weighted by Gasteiger charge is 2.15. The maximum Gasteiger partial charge on any atom is 0.303 e. The zero-order chi connectivity index (χ0) is 20.6. The molecule has 0 saturated heterocycles. The van der Waals surface area contributed by atoms with Gasteiger partial charge in [0.2, 0.25) is 5.88 Å². The van der Waals surface area contributed by atoms with Gasteiger partial charge in [0.05, 0.1) is 10.6 Å². The minimum Gasteiger partial charge on any atom is -0.493 e. The Kier molecular flexibility index (Phi) is 7.77. The summed E-state index contributed by atoms with van der Waals surface area (Å²) in [6.07, 6.45) is 11.2. The molecule has 1 aromatic heterocycles. The van der Waals surface area contributed by atoms with Crippen LogP contribution < -0.4 is 0 Å². The van der Waals surface area contributed by atoms with Gasteiger partial charge in [0.1, 0.15) is 0 Å². The zero-order valence-corrected chi connectivity index (χ0v) is 18.0. The molecule has 154 valence electrons. The van der Waals surface area contributed by atoms with E-state index in [1.165, 1.54) is 11.3 Å². The molecule has 0 spiro atoms. The molecule has 1 aliphatic heterocycles. The summed E-state index contributed by atoms with van der Waals surface area (Å²) in [5.74, 6) is -0.476. The summed E-state index contributed by atoms with van der Waals surface area (Å²) in [6, 6.07) is 7.96. The SMILES string of the molecule is O=C(O)CCCCCCCCCn1c(O)c(/C=C2\C=Nc3ccccc32)sc1=S. The van der Waals surface area contributed by atoms with E-state index in [4.69, 9.17) is 17.3 Å². The molecule has 0 fully saturated rings. The number of para-hydroxylation sites is 1. The van der Waals surface area contributed by atoms with Crippen molar-refractivity contribution < 1.29 is 15.0 Å². The van der Waals surface area contributed by atoms with Crippen LogP contribution in [0.3, 0.4) is 0 Å². The molecule has 2 heterocycles. The van der Waals surface area contributed by atoms with Crippen molar-refractivity contribution >= 4 is 53.1 Å². The maximum absolute atomic E-state index is 10.6. The Morgan fingerprint density at radius 1 is 1.10 bits per heavy atom. The highest BCUT2D eigenvalue weighted by molar-refractivity contribution is 7.73. The van der Waals surface area contributed by atoms with E-state index in [9.17, 15) is 9.90 Å². The zero-order valence-electron chi connectivity index (χ0n) is 16.3. The predicted molar refractivity (Wildman–Crippen MR) is 122 cm³/mol. The van der Waals surface area contributed by atoms with Crippen molar-refractivity contribution in [1.82, 2.24) is 4.57 Å². The Morgan fingerprint density at radius 2 is 1.79 bits per heavy atom. The molecular weight excluding hydrogens is 404 g/mol. The molecule has 0 saturated carbocycles. The first-order chi connectivity index (χ1) is 14.1. The van der Waals surface area contributed by atoms with E-state index >= 15 is 0 Å². The highest BCUT2D eigenvalue weighted by atomic mass is 32.1. The second kappa shape index (κ2) is 10.5. The fourth-order valence-electron chi connectivity index (χ4n) is 3.43. The van der Waals surface area contributed by atoms with Crippen LogP contribution in [-0.2, 0) is 11.3 Å². The summed E-state index contributed by atoms with van der Waals surface area (Å²) in [4.78, 5) is 15.7. The molecule has 2 aromatic rings. The lowest BCUT2D eigenvalue weighted by Crippen LogP contribution is -1.97. The van der Waals surface area contributed by atoms with Gasteiger partial charge >= 0.3 is 5.97 Å². The van der Waals surface area contributed by atoms with Crippen molar-refractivity contribution in [2.24, 2.45) is 4.99 Å².